The molecule has 11 heteroatoms. The van der Waals surface area contributed by atoms with Gasteiger partial charge in [0.2, 0.25) is 0 Å². The third-order valence-corrected chi connectivity index (χ3v) is 7.35. The minimum absolute atomic E-state index is 0.109. The first kappa shape index (κ1) is 30.8. The fourth-order valence-corrected chi connectivity index (χ4v) is 5.25. The Morgan fingerprint density at radius 3 is 2.44 bits per heavy atom. The zero-order chi connectivity index (χ0) is 31.4. The van der Waals surface area contributed by atoms with Crippen LogP contribution in [0.1, 0.15) is 35.7 Å². The molecule has 0 spiro atoms. The van der Waals surface area contributed by atoms with Gasteiger partial charge in [-0.25, -0.2) is 14.6 Å². The molecular weight excluding hydrogens is 568 g/mol. The fourth-order valence-electron chi connectivity index (χ4n) is 5.25. The highest BCUT2D eigenvalue weighted by Crippen LogP contribution is 2.29. The van der Waals surface area contributed by atoms with Crippen molar-refractivity contribution in [1.82, 2.24) is 25.0 Å². The van der Waals surface area contributed by atoms with Crippen LogP contribution in [-0.4, -0.2) is 57.9 Å². The molecule has 0 amide bonds. The first-order chi connectivity index (χ1) is 22.1. The van der Waals surface area contributed by atoms with Gasteiger partial charge in [0.1, 0.15) is 17.3 Å². The molecule has 11 nitrogen and oxygen atoms in total. The van der Waals surface area contributed by atoms with Gasteiger partial charge >= 0.3 is 6.15 Å². The second-order valence-electron chi connectivity index (χ2n) is 10.4. The molecule has 2 aromatic carbocycles. The van der Waals surface area contributed by atoms with Gasteiger partial charge < -0.3 is 15.0 Å². The van der Waals surface area contributed by atoms with Crippen LogP contribution < -0.4 is 10.2 Å². The summed E-state index contributed by atoms with van der Waals surface area (Å²) in [7, 11) is 1.69. The van der Waals surface area contributed by atoms with Gasteiger partial charge in [-0.2, -0.15) is 14.9 Å². The molecule has 1 aliphatic heterocycles. The second kappa shape index (κ2) is 15.2. The van der Waals surface area contributed by atoms with Crippen molar-refractivity contribution in [3.63, 3.8) is 0 Å². The number of pyridine rings is 2. The number of nitrogens with one attached hydrogen (secondary N) is 1. The van der Waals surface area contributed by atoms with Crippen LogP contribution in [0.3, 0.4) is 0 Å². The minimum Gasteiger partial charge on any atom is -0.382 e. The number of hydrogen-bond donors (Lipinski definition) is 1. The summed E-state index contributed by atoms with van der Waals surface area (Å²) in [5.74, 6) is 1.69. The topological polar surface area (TPSA) is 139 Å². The molecule has 4 heterocycles. The molecule has 0 unspecified atom stereocenters. The highest BCUT2D eigenvalue weighted by Gasteiger charge is 2.17. The lowest BCUT2D eigenvalue weighted by molar-refractivity contribution is -0.191. The maximum absolute atomic E-state index is 9.48. The van der Waals surface area contributed by atoms with Crippen molar-refractivity contribution in [3.8, 4) is 28.6 Å². The first-order valence-corrected chi connectivity index (χ1v) is 14.5. The summed E-state index contributed by atoms with van der Waals surface area (Å²) in [6.45, 7) is 3.09. The van der Waals surface area contributed by atoms with E-state index in [2.05, 4.69) is 50.9 Å². The molecule has 1 atom stereocenters. The van der Waals surface area contributed by atoms with E-state index in [0.717, 1.165) is 52.7 Å². The Bertz CT molecular complexity index is 1790. The average molecular weight is 601 g/mol. The highest BCUT2D eigenvalue weighted by molar-refractivity contribution is 5.72. The van der Waals surface area contributed by atoms with E-state index < -0.39 is 0 Å². The van der Waals surface area contributed by atoms with Gasteiger partial charge in [-0.05, 0) is 54.8 Å². The van der Waals surface area contributed by atoms with E-state index in [1.54, 1.807) is 13.2 Å². The lowest BCUT2D eigenvalue weighted by atomic mass is 10.0. The van der Waals surface area contributed by atoms with Crippen LogP contribution >= 0.6 is 0 Å². The van der Waals surface area contributed by atoms with Crippen LogP contribution in [0.15, 0.2) is 91.1 Å². The van der Waals surface area contributed by atoms with Crippen molar-refractivity contribution in [1.29, 1.82) is 5.26 Å². The van der Waals surface area contributed by atoms with Crippen LogP contribution in [0.4, 0.5) is 11.6 Å². The molecular formula is C34H32N8O3. The molecule has 1 saturated heterocycles. The first-order valence-electron chi connectivity index (χ1n) is 14.5. The lowest BCUT2D eigenvalue weighted by Gasteiger charge is -2.20. The SMILES string of the molecule is COC[C@@H](Nc1cc(-c2cn(Cc3cccc(N4CCCC4)n3)nn2)cc(-c2cccc(C#N)c2)n1)c1ccccc1.O=C=O. The molecule has 0 radical (unpaired) electrons. The van der Waals surface area contributed by atoms with Gasteiger partial charge in [0.15, 0.2) is 0 Å². The number of nitrogens with zero attached hydrogens (tertiary/aromatic N) is 7. The third-order valence-electron chi connectivity index (χ3n) is 7.35. The molecule has 6 rings (SSSR count). The van der Waals surface area contributed by atoms with Gasteiger partial charge in [-0.1, -0.05) is 53.7 Å². The number of hydrogen-bond acceptors (Lipinski definition) is 10. The Labute approximate surface area is 261 Å². The Kier molecular flexibility index (Phi) is 10.4. The Morgan fingerprint density at radius 1 is 0.911 bits per heavy atom. The molecule has 0 saturated carbocycles. The molecule has 0 bridgehead atoms. The summed E-state index contributed by atoms with van der Waals surface area (Å²) in [5, 5.41) is 22.0. The summed E-state index contributed by atoms with van der Waals surface area (Å²) in [6, 6.07) is 29.8. The standard InChI is InChI=1S/C33H32N8O.CO2/c1-42-23-31(25-10-3-2-4-11-25)37-32-19-27(18-29(36-32)26-12-7-9-24(17-26)20-34)30-22-41(39-38-30)21-28-13-8-14-33(35-28)40-15-5-6-16-40;2-1-3/h2-4,7-14,17-19,22,31H,5-6,15-16,21,23H2,1H3,(H,36,37);/t31-;/m1./s1. The molecule has 1 aliphatic rings. The number of methoxy groups -OCH3 is 1. The summed E-state index contributed by atoms with van der Waals surface area (Å²) in [5.41, 5.74) is 5.76. The van der Waals surface area contributed by atoms with E-state index in [0.29, 0.717) is 24.5 Å². The molecule has 5 aromatic rings. The van der Waals surface area contributed by atoms with E-state index in [4.69, 9.17) is 24.3 Å². The van der Waals surface area contributed by atoms with Crippen molar-refractivity contribution in [2.45, 2.75) is 25.4 Å². The van der Waals surface area contributed by atoms with Crippen LogP contribution in [0, 0.1) is 11.3 Å². The molecule has 0 aliphatic carbocycles. The average Bonchev–Trinajstić information content (AvgIpc) is 3.79. The summed E-state index contributed by atoms with van der Waals surface area (Å²) < 4.78 is 7.34. The molecule has 226 valence electrons. The summed E-state index contributed by atoms with van der Waals surface area (Å²) in [6.07, 6.45) is 4.60. The number of ether oxygens (including phenoxy) is 1. The van der Waals surface area contributed by atoms with Crippen LogP contribution in [0.25, 0.3) is 22.5 Å². The number of anilines is 2. The van der Waals surface area contributed by atoms with Crippen molar-refractivity contribution in [3.05, 3.63) is 108 Å². The Morgan fingerprint density at radius 2 is 1.69 bits per heavy atom. The van der Waals surface area contributed by atoms with Crippen LogP contribution in [0.2, 0.25) is 0 Å². The Hall–Kier alpha value is -5.69. The van der Waals surface area contributed by atoms with Crippen LogP contribution in [-0.2, 0) is 20.9 Å². The maximum Gasteiger partial charge on any atom is 0.373 e. The number of carbonyl (C=O) groups excluding carboxylic acids is 2. The molecule has 1 fully saturated rings. The third kappa shape index (κ3) is 8.03. The van der Waals surface area contributed by atoms with E-state index in [1.165, 1.54) is 12.8 Å². The van der Waals surface area contributed by atoms with E-state index >= 15 is 0 Å². The largest absolute Gasteiger partial charge is 0.382 e. The zero-order valence-electron chi connectivity index (χ0n) is 24.8. The zero-order valence-corrected chi connectivity index (χ0v) is 24.8. The summed E-state index contributed by atoms with van der Waals surface area (Å²) in [4.78, 5) is 28.4. The fraction of sp³-hybridized carbons (Fsp3) is 0.235. The maximum atomic E-state index is 9.48. The lowest BCUT2D eigenvalue weighted by Crippen LogP contribution is -2.19. The van der Waals surface area contributed by atoms with E-state index in [1.807, 2.05) is 65.5 Å². The van der Waals surface area contributed by atoms with E-state index in [-0.39, 0.29) is 12.2 Å². The smallest absolute Gasteiger partial charge is 0.373 e. The molecule has 45 heavy (non-hydrogen) atoms. The monoisotopic (exact) mass is 600 g/mol. The van der Waals surface area contributed by atoms with Crippen molar-refractivity contribution in [2.24, 2.45) is 0 Å². The van der Waals surface area contributed by atoms with Gasteiger partial charge in [0.25, 0.3) is 0 Å². The molecule has 1 N–H and O–H groups in total. The second-order valence-corrected chi connectivity index (χ2v) is 10.4. The van der Waals surface area contributed by atoms with Gasteiger partial charge in [0, 0.05) is 31.3 Å². The van der Waals surface area contributed by atoms with E-state index in [9.17, 15) is 5.26 Å². The normalized spacial score (nSPS) is 12.8. The molecule has 3 aromatic heterocycles. The Balaban J connectivity index is 0.00000128. The number of rotatable bonds is 10. The van der Waals surface area contributed by atoms with Crippen molar-refractivity contribution in [2.75, 3.05) is 37.0 Å². The van der Waals surface area contributed by atoms with Gasteiger partial charge in [-0.15, -0.1) is 5.10 Å². The van der Waals surface area contributed by atoms with Gasteiger partial charge in [-0.3, -0.25) is 0 Å². The van der Waals surface area contributed by atoms with Gasteiger partial charge in [0.05, 0.1) is 48.4 Å². The highest BCUT2D eigenvalue weighted by atomic mass is 16.5. The minimum atomic E-state index is -0.109. The number of nitriles is 1. The quantitative estimate of drug-likeness (QED) is 0.229. The predicted molar refractivity (Wildman–Crippen MR) is 168 cm³/mol. The van der Waals surface area contributed by atoms with Crippen LogP contribution in [0.5, 0.6) is 0 Å². The summed E-state index contributed by atoms with van der Waals surface area (Å²) >= 11 is 0. The predicted octanol–water partition coefficient (Wildman–Crippen LogP) is 5.14. The number of benzene rings is 2. The van der Waals surface area contributed by atoms with Crippen molar-refractivity contribution < 1.29 is 14.3 Å². The van der Waals surface area contributed by atoms with Crippen molar-refractivity contribution >= 4 is 17.8 Å². The number of aromatic nitrogens is 5.